The number of aromatic nitrogens is 1. The van der Waals surface area contributed by atoms with Crippen molar-refractivity contribution in [2.75, 3.05) is 18.6 Å². The number of aliphatic hydroxyl groups is 1. The molecule has 1 amide bonds. The van der Waals surface area contributed by atoms with Crippen LogP contribution in [-0.4, -0.2) is 43.8 Å². The Morgan fingerprint density at radius 3 is 2.45 bits per heavy atom. The molecule has 0 aliphatic carbocycles. The molecule has 0 unspecified atom stereocenters. The van der Waals surface area contributed by atoms with Crippen molar-refractivity contribution in [3.63, 3.8) is 0 Å². The summed E-state index contributed by atoms with van der Waals surface area (Å²) < 4.78 is 28.7. The van der Waals surface area contributed by atoms with Gasteiger partial charge in [0.1, 0.15) is 0 Å². The van der Waals surface area contributed by atoms with E-state index in [0.29, 0.717) is 12.2 Å². The maximum absolute atomic E-state index is 15.6. The zero-order valence-corrected chi connectivity index (χ0v) is 23.1. The largest absolute Gasteiger partial charge is 0.491 e. The molecule has 0 saturated carbocycles. The zero-order chi connectivity index (χ0) is 27.2. The molecule has 200 valence electrons. The van der Waals surface area contributed by atoms with Crippen LogP contribution < -0.4 is 15.2 Å². The molecule has 2 aromatic carbocycles. The highest BCUT2D eigenvalue weighted by Crippen LogP contribution is 2.60. The molecule has 5 rings (SSSR count). The van der Waals surface area contributed by atoms with E-state index in [1.165, 1.54) is 11.7 Å². The lowest BCUT2D eigenvalue weighted by atomic mass is 9.82. The van der Waals surface area contributed by atoms with Gasteiger partial charge in [0.2, 0.25) is 8.41 Å². The molecule has 9 heteroatoms. The first-order chi connectivity index (χ1) is 18.1. The lowest BCUT2D eigenvalue weighted by molar-refractivity contribution is -0.146. The summed E-state index contributed by atoms with van der Waals surface area (Å²) in [5, 5.41) is 9.68. The molecule has 3 heterocycles. The van der Waals surface area contributed by atoms with Crippen LogP contribution >= 0.6 is 0 Å². The maximum Gasteiger partial charge on any atom is 0.297 e. The van der Waals surface area contributed by atoms with Gasteiger partial charge in [0.15, 0.2) is 11.4 Å². The number of para-hydroxylation sites is 1. The van der Waals surface area contributed by atoms with Crippen molar-refractivity contribution in [2.24, 2.45) is 5.92 Å². The van der Waals surface area contributed by atoms with Crippen LogP contribution in [-0.2, 0) is 21.7 Å². The molecular weight excluding hydrogens is 503 g/mol. The van der Waals surface area contributed by atoms with Crippen molar-refractivity contribution in [3.05, 3.63) is 88.3 Å². The molecule has 1 saturated heterocycles. The van der Waals surface area contributed by atoms with E-state index in [1.807, 2.05) is 55.5 Å². The Labute approximate surface area is 222 Å². The fraction of sp³-hybridized carbons (Fsp3) is 0.379. The monoisotopic (exact) mass is 536 g/mol. The number of aliphatic hydroxyl groups excluding tert-OH is 1. The Hall–Kier alpha value is -3.27. The maximum atomic E-state index is 15.6. The van der Waals surface area contributed by atoms with Crippen LogP contribution in [0.15, 0.2) is 71.7 Å². The van der Waals surface area contributed by atoms with Gasteiger partial charge in [0.25, 0.3) is 11.5 Å². The summed E-state index contributed by atoms with van der Waals surface area (Å²) in [6.07, 6.45) is 1.44. The zero-order valence-electron chi connectivity index (χ0n) is 22.1. The highest BCUT2D eigenvalue weighted by Gasteiger charge is 2.66. The molecule has 1 spiro atoms. The third-order valence-corrected chi connectivity index (χ3v) is 10.4. The van der Waals surface area contributed by atoms with E-state index in [1.54, 1.807) is 36.3 Å². The molecule has 4 atom stereocenters. The molecule has 0 bridgehead atoms. The van der Waals surface area contributed by atoms with Crippen LogP contribution in [0, 0.1) is 5.92 Å². The van der Waals surface area contributed by atoms with E-state index in [9.17, 15) is 14.7 Å². The normalized spacial score (nSPS) is 24.7. The summed E-state index contributed by atoms with van der Waals surface area (Å²) in [5.41, 5.74) is 1.09. The average molecular weight is 537 g/mol. The molecule has 0 radical (unpaired) electrons. The minimum atomic E-state index is -3.22. The predicted molar refractivity (Wildman–Crippen MR) is 146 cm³/mol. The average Bonchev–Trinajstić information content (AvgIpc) is 3.32. The van der Waals surface area contributed by atoms with E-state index in [0.717, 1.165) is 16.8 Å². The number of halogens is 1. The molecule has 2 aliphatic rings. The number of benzene rings is 2. The molecule has 7 nitrogen and oxygen atoms in total. The summed E-state index contributed by atoms with van der Waals surface area (Å²) in [6.45, 7) is 5.39. The van der Waals surface area contributed by atoms with E-state index >= 15 is 4.11 Å². The Morgan fingerprint density at radius 2 is 1.79 bits per heavy atom. The molecule has 2 aliphatic heterocycles. The van der Waals surface area contributed by atoms with E-state index in [2.05, 4.69) is 0 Å². The Bertz CT molecular complexity index is 1400. The summed E-state index contributed by atoms with van der Waals surface area (Å²) in [7, 11) is -1.76. The summed E-state index contributed by atoms with van der Waals surface area (Å²) in [5.74, 6) is -0.334. The van der Waals surface area contributed by atoms with Crippen LogP contribution in [0.25, 0.3) is 5.69 Å². The summed E-state index contributed by atoms with van der Waals surface area (Å²) in [6, 6.07) is 18.3. The Kier molecular flexibility index (Phi) is 6.79. The lowest BCUT2D eigenvalue weighted by Crippen LogP contribution is -2.45. The van der Waals surface area contributed by atoms with Gasteiger partial charge in [-0.3, -0.25) is 14.2 Å². The smallest absolute Gasteiger partial charge is 0.297 e. The number of anilines is 1. The van der Waals surface area contributed by atoms with Gasteiger partial charge in [-0.25, -0.2) is 0 Å². The van der Waals surface area contributed by atoms with Gasteiger partial charge in [-0.05, 0) is 55.4 Å². The van der Waals surface area contributed by atoms with Gasteiger partial charge in [-0.1, -0.05) is 37.3 Å². The highest BCUT2D eigenvalue weighted by molar-refractivity contribution is 6.72. The van der Waals surface area contributed by atoms with Crippen molar-refractivity contribution in [2.45, 2.75) is 50.2 Å². The van der Waals surface area contributed by atoms with Crippen molar-refractivity contribution in [1.29, 1.82) is 0 Å². The number of fused-ring (bicyclic) bond motifs is 2. The standard InChI is InChI=1S/C29H33FN2O5Si/c1-19-26(38(3,4)30)24(15-17-33)37-29(19)22-8-5-6-9-23(22)32(28(29)35)18-20-11-13-21(14-12-20)31-16-7-10-25(36-2)27(31)34/h5-14,16,19,24,26,33H,15,17-18H2,1-4H3/t19-,24+,26-,29+/m0/s1. The van der Waals surface area contributed by atoms with Crippen LogP contribution in [0.4, 0.5) is 9.80 Å². The van der Waals surface area contributed by atoms with Gasteiger partial charge < -0.3 is 23.6 Å². The predicted octanol–water partition coefficient (Wildman–Crippen LogP) is 4.55. The Morgan fingerprint density at radius 1 is 1.08 bits per heavy atom. The lowest BCUT2D eigenvalue weighted by Gasteiger charge is -2.31. The second-order valence-electron chi connectivity index (χ2n) is 10.6. The van der Waals surface area contributed by atoms with Crippen LogP contribution in [0.3, 0.4) is 0 Å². The molecule has 1 aromatic heterocycles. The molecule has 1 N–H and O–H groups in total. The minimum absolute atomic E-state index is 0.128. The number of ether oxygens (including phenoxy) is 2. The first-order valence-electron chi connectivity index (χ1n) is 12.9. The number of amides is 1. The fourth-order valence-corrected chi connectivity index (χ4v) is 8.88. The molecular formula is C29H33FN2O5Si. The number of carbonyl (C=O) groups excluding carboxylic acids is 1. The number of pyridine rings is 1. The third kappa shape index (κ3) is 4.09. The topological polar surface area (TPSA) is 81.0 Å². The minimum Gasteiger partial charge on any atom is -0.491 e. The SMILES string of the molecule is COc1cccn(-c2ccc(CN3C(=O)[C@]4(O[C@H](CCO)[C@@H]([Si](C)(C)F)[C@@H]4C)c4ccccc43)cc2)c1=O. The van der Waals surface area contributed by atoms with E-state index < -0.39 is 25.7 Å². The second kappa shape index (κ2) is 9.80. The van der Waals surface area contributed by atoms with Crippen molar-refractivity contribution < 1.29 is 23.5 Å². The number of hydrogen-bond donors (Lipinski definition) is 1. The number of hydrogen-bond acceptors (Lipinski definition) is 5. The van der Waals surface area contributed by atoms with Crippen molar-refractivity contribution >= 4 is 20.0 Å². The van der Waals surface area contributed by atoms with Gasteiger partial charge in [0.05, 0.1) is 25.4 Å². The molecule has 3 aromatic rings. The van der Waals surface area contributed by atoms with Crippen LogP contribution in [0.5, 0.6) is 5.75 Å². The van der Waals surface area contributed by atoms with Gasteiger partial charge >= 0.3 is 0 Å². The summed E-state index contributed by atoms with van der Waals surface area (Å²) >= 11 is 0. The van der Waals surface area contributed by atoms with Crippen molar-refractivity contribution in [1.82, 2.24) is 4.57 Å². The first-order valence-corrected chi connectivity index (χ1v) is 15.8. The quantitative estimate of drug-likeness (QED) is 0.354. The molecule has 1 fully saturated rings. The van der Waals surface area contributed by atoms with E-state index in [4.69, 9.17) is 9.47 Å². The number of carbonyl (C=O) groups is 1. The van der Waals surface area contributed by atoms with Crippen LogP contribution in [0.2, 0.25) is 18.6 Å². The number of methoxy groups -OCH3 is 1. The van der Waals surface area contributed by atoms with E-state index in [-0.39, 0.29) is 36.2 Å². The second-order valence-corrected chi connectivity index (χ2v) is 14.4. The summed E-state index contributed by atoms with van der Waals surface area (Å²) in [4.78, 5) is 28.5. The number of rotatable bonds is 7. The fourth-order valence-electron chi connectivity index (χ4n) is 6.33. The van der Waals surface area contributed by atoms with Crippen molar-refractivity contribution in [3.8, 4) is 11.4 Å². The van der Waals surface area contributed by atoms with Gasteiger partial charge in [-0.2, -0.15) is 0 Å². The first kappa shape index (κ1) is 26.3. The van der Waals surface area contributed by atoms with Gasteiger partial charge in [-0.15, -0.1) is 0 Å². The number of nitrogens with zero attached hydrogens (tertiary/aromatic N) is 2. The van der Waals surface area contributed by atoms with Crippen LogP contribution in [0.1, 0.15) is 24.5 Å². The third-order valence-electron chi connectivity index (χ3n) is 7.97. The molecule has 38 heavy (non-hydrogen) atoms. The van der Waals surface area contributed by atoms with Gasteiger partial charge in [0, 0.05) is 35.5 Å². The Balaban J connectivity index is 1.49. The highest BCUT2D eigenvalue weighted by atomic mass is 28.4.